The molecular weight excluding hydrogens is 218 g/mol. The van der Waals surface area contributed by atoms with Crippen LogP contribution in [0.2, 0.25) is 0 Å². The molecule has 92 valence electrons. The lowest BCUT2D eigenvalue weighted by Crippen LogP contribution is -2.21. The highest BCUT2D eigenvalue weighted by molar-refractivity contribution is 5.39. The highest BCUT2D eigenvalue weighted by Crippen LogP contribution is 2.34. The smallest absolute Gasteiger partial charge is 0.0107 e. The van der Waals surface area contributed by atoms with Crippen LogP contribution in [-0.2, 0) is 6.42 Å². The van der Waals surface area contributed by atoms with Gasteiger partial charge in [-0.2, -0.15) is 0 Å². The van der Waals surface area contributed by atoms with Crippen LogP contribution in [0, 0.1) is 0 Å². The lowest BCUT2D eigenvalue weighted by Gasteiger charge is -2.20. The highest BCUT2D eigenvalue weighted by Gasteiger charge is 2.23. The second-order valence-electron chi connectivity index (χ2n) is 5.20. The summed E-state index contributed by atoms with van der Waals surface area (Å²) in [6.45, 7) is 0. The predicted octanol–water partition coefficient (Wildman–Crippen LogP) is 3.48. The average molecular weight is 237 g/mol. The van der Waals surface area contributed by atoms with Crippen molar-refractivity contribution in [3.63, 3.8) is 0 Å². The Morgan fingerprint density at radius 1 is 0.889 bits per heavy atom. The van der Waals surface area contributed by atoms with Crippen LogP contribution in [0.15, 0.2) is 54.6 Å². The van der Waals surface area contributed by atoms with Gasteiger partial charge in [-0.3, -0.25) is 0 Å². The Hall–Kier alpha value is -1.60. The van der Waals surface area contributed by atoms with Crippen molar-refractivity contribution in [2.75, 3.05) is 0 Å². The summed E-state index contributed by atoms with van der Waals surface area (Å²) in [7, 11) is 0. The number of hydrogen-bond acceptors (Lipinski definition) is 1. The molecule has 0 amide bonds. The zero-order valence-electron chi connectivity index (χ0n) is 10.5. The van der Waals surface area contributed by atoms with Gasteiger partial charge in [0.15, 0.2) is 0 Å². The Labute approximate surface area is 109 Å². The molecule has 0 heterocycles. The number of nitrogens with two attached hydrogens (primary N) is 1. The molecule has 0 fully saturated rings. The van der Waals surface area contributed by atoms with Crippen molar-refractivity contribution in [1.82, 2.24) is 0 Å². The first-order valence-electron chi connectivity index (χ1n) is 6.73. The molecule has 0 unspecified atom stereocenters. The van der Waals surface area contributed by atoms with Crippen LogP contribution in [0.4, 0.5) is 0 Å². The van der Waals surface area contributed by atoms with Crippen molar-refractivity contribution in [1.29, 1.82) is 0 Å². The van der Waals surface area contributed by atoms with E-state index in [4.69, 9.17) is 5.73 Å². The number of rotatable bonds is 1. The van der Waals surface area contributed by atoms with Crippen molar-refractivity contribution < 1.29 is 0 Å². The standard InChI is InChI=1S/C17H19N/c18-15-11-10-14-8-4-5-9-16(14)17(12-15)13-6-2-1-3-7-13/h1-9,15,17H,10-12,18H2/t15-,17+/m0/s1. The molecule has 1 nitrogen and oxygen atoms in total. The number of fused-ring (bicyclic) bond motifs is 1. The SMILES string of the molecule is N[C@H]1CCc2ccccc2[C@@H](c2ccccc2)C1. The molecule has 0 radical (unpaired) electrons. The normalized spacial score (nSPS) is 23.2. The average Bonchev–Trinajstić information content (AvgIpc) is 2.60. The molecule has 1 aliphatic carbocycles. The Balaban J connectivity index is 2.07. The van der Waals surface area contributed by atoms with E-state index in [9.17, 15) is 0 Å². The third kappa shape index (κ3) is 2.19. The van der Waals surface area contributed by atoms with Crippen LogP contribution in [0.25, 0.3) is 0 Å². The van der Waals surface area contributed by atoms with Crippen molar-refractivity contribution >= 4 is 0 Å². The topological polar surface area (TPSA) is 26.0 Å². The van der Waals surface area contributed by atoms with Gasteiger partial charge in [0.25, 0.3) is 0 Å². The largest absolute Gasteiger partial charge is 0.328 e. The zero-order valence-corrected chi connectivity index (χ0v) is 10.5. The maximum Gasteiger partial charge on any atom is 0.0107 e. The van der Waals surface area contributed by atoms with Crippen LogP contribution in [0.1, 0.15) is 35.4 Å². The maximum atomic E-state index is 6.24. The van der Waals surface area contributed by atoms with Crippen molar-refractivity contribution in [3.05, 3.63) is 71.3 Å². The van der Waals surface area contributed by atoms with Crippen LogP contribution < -0.4 is 5.73 Å². The third-order valence-electron chi connectivity index (χ3n) is 3.96. The van der Waals surface area contributed by atoms with Crippen molar-refractivity contribution in [3.8, 4) is 0 Å². The summed E-state index contributed by atoms with van der Waals surface area (Å²) < 4.78 is 0. The van der Waals surface area contributed by atoms with Gasteiger partial charge in [0.1, 0.15) is 0 Å². The minimum absolute atomic E-state index is 0.308. The first-order valence-corrected chi connectivity index (χ1v) is 6.73. The van der Waals surface area contributed by atoms with Gasteiger partial charge in [0.05, 0.1) is 0 Å². The zero-order chi connectivity index (χ0) is 12.4. The van der Waals surface area contributed by atoms with E-state index in [0.29, 0.717) is 12.0 Å². The number of benzene rings is 2. The van der Waals surface area contributed by atoms with E-state index in [0.717, 1.165) is 19.3 Å². The van der Waals surface area contributed by atoms with Gasteiger partial charge in [0, 0.05) is 12.0 Å². The first-order chi connectivity index (χ1) is 8.84. The fourth-order valence-electron chi connectivity index (χ4n) is 2.99. The summed E-state index contributed by atoms with van der Waals surface area (Å²) >= 11 is 0. The van der Waals surface area contributed by atoms with Gasteiger partial charge in [-0.1, -0.05) is 54.6 Å². The van der Waals surface area contributed by atoms with Gasteiger partial charge >= 0.3 is 0 Å². The van der Waals surface area contributed by atoms with Gasteiger partial charge in [-0.25, -0.2) is 0 Å². The number of hydrogen-bond donors (Lipinski definition) is 1. The maximum absolute atomic E-state index is 6.24. The minimum Gasteiger partial charge on any atom is -0.328 e. The second-order valence-corrected chi connectivity index (χ2v) is 5.20. The quantitative estimate of drug-likeness (QED) is 0.755. The molecule has 0 saturated carbocycles. The Morgan fingerprint density at radius 3 is 2.44 bits per heavy atom. The molecule has 0 saturated heterocycles. The first kappa shape index (κ1) is 11.5. The minimum atomic E-state index is 0.308. The summed E-state index contributed by atoms with van der Waals surface area (Å²) in [6.07, 6.45) is 3.27. The summed E-state index contributed by atoms with van der Waals surface area (Å²) in [5.41, 5.74) is 10.6. The fraction of sp³-hybridized carbons (Fsp3) is 0.294. The lowest BCUT2D eigenvalue weighted by atomic mass is 9.86. The number of aryl methyl sites for hydroxylation is 1. The summed E-state index contributed by atoms with van der Waals surface area (Å²) in [5.74, 6) is 0.458. The summed E-state index contributed by atoms with van der Waals surface area (Å²) in [6, 6.07) is 19.9. The molecule has 0 bridgehead atoms. The van der Waals surface area contributed by atoms with E-state index in [1.54, 1.807) is 0 Å². The van der Waals surface area contributed by atoms with Crippen LogP contribution >= 0.6 is 0 Å². The van der Waals surface area contributed by atoms with Crippen molar-refractivity contribution in [2.24, 2.45) is 5.73 Å². The van der Waals surface area contributed by atoms with Crippen LogP contribution in [0.3, 0.4) is 0 Å². The molecule has 0 aromatic heterocycles. The summed E-state index contributed by atoms with van der Waals surface area (Å²) in [5, 5.41) is 0. The lowest BCUT2D eigenvalue weighted by molar-refractivity contribution is 0.557. The second kappa shape index (κ2) is 4.95. The van der Waals surface area contributed by atoms with Gasteiger partial charge in [-0.15, -0.1) is 0 Å². The van der Waals surface area contributed by atoms with E-state index in [1.807, 2.05) is 0 Å². The molecule has 2 N–H and O–H groups in total. The fourth-order valence-corrected chi connectivity index (χ4v) is 2.99. The van der Waals surface area contributed by atoms with Crippen LogP contribution in [0.5, 0.6) is 0 Å². The molecule has 1 heteroatoms. The van der Waals surface area contributed by atoms with E-state index >= 15 is 0 Å². The van der Waals surface area contributed by atoms with Gasteiger partial charge in [0.2, 0.25) is 0 Å². The summed E-state index contributed by atoms with van der Waals surface area (Å²) in [4.78, 5) is 0. The van der Waals surface area contributed by atoms with Gasteiger partial charge in [-0.05, 0) is 36.0 Å². The molecule has 1 aliphatic rings. The van der Waals surface area contributed by atoms with E-state index in [1.165, 1.54) is 16.7 Å². The Morgan fingerprint density at radius 2 is 1.61 bits per heavy atom. The highest BCUT2D eigenvalue weighted by atomic mass is 14.6. The van der Waals surface area contributed by atoms with E-state index < -0.39 is 0 Å². The van der Waals surface area contributed by atoms with E-state index in [2.05, 4.69) is 54.6 Å². The van der Waals surface area contributed by atoms with Crippen LogP contribution in [-0.4, -0.2) is 6.04 Å². The molecule has 3 rings (SSSR count). The predicted molar refractivity (Wildman–Crippen MR) is 75.6 cm³/mol. The van der Waals surface area contributed by atoms with Crippen molar-refractivity contribution in [2.45, 2.75) is 31.2 Å². The molecular formula is C17H19N. The third-order valence-corrected chi connectivity index (χ3v) is 3.96. The molecule has 2 atom stereocenters. The molecule has 0 spiro atoms. The van der Waals surface area contributed by atoms with Gasteiger partial charge < -0.3 is 5.73 Å². The monoisotopic (exact) mass is 237 g/mol. The molecule has 0 aliphatic heterocycles. The van der Waals surface area contributed by atoms with E-state index in [-0.39, 0.29) is 0 Å². The molecule has 18 heavy (non-hydrogen) atoms. The Kier molecular flexibility index (Phi) is 3.16. The molecule has 2 aromatic rings. The molecule has 2 aromatic carbocycles. The Bertz CT molecular complexity index is 518.